The quantitative estimate of drug-likeness (QED) is 0.676. The van der Waals surface area contributed by atoms with Crippen LogP contribution in [0.1, 0.15) is 26.2 Å². The van der Waals surface area contributed by atoms with Gasteiger partial charge in [-0.2, -0.15) is 5.01 Å². The number of imide groups is 1. The summed E-state index contributed by atoms with van der Waals surface area (Å²) in [6.07, 6.45) is 2.40. The first-order valence-electron chi connectivity index (χ1n) is 4.98. The van der Waals surface area contributed by atoms with Crippen LogP contribution >= 0.6 is 0 Å². The fraction of sp³-hybridized carbons (Fsp3) is 0.778. The molecule has 1 rings (SSSR count). The molecule has 1 heterocycles. The van der Waals surface area contributed by atoms with E-state index in [2.05, 4.69) is 12.2 Å². The molecule has 5 heteroatoms. The van der Waals surface area contributed by atoms with Gasteiger partial charge in [0.2, 0.25) is 5.91 Å². The second-order valence-electron chi connectivity index (χ2n) is 3.42. The molecule has 80 valence electrons. The van der Waals surface area contributed by atoms with Crippen LogP contribution in [0.15, 0.2) is 0 Å². The molecular weight excluding hydrogens is 182 g/mol. The molecule has 0 radical (unpaired) electrons. The Morgan fingerprint density at radius 2 is 2.29 bits per heavy atom. The summed E-state index contributed by atoms with van der Waals surface area (Å²) < 4.78 is 0. The van der Waals surface area contributed by atoms with Crippen molar-refractivity contribution < 1.29 is 9.59 Å². The maximum atomic E-state index is 11.5. The number of nitrogens with zero attached hydrogens (tertiary/aromatic N) is 2. The summed E-state index contributed by atoms with van der Waals surface area (Å²) in [6, 6.07) is -0.302. The topological polar surface area (TPSA) is 52.7 Å². The van der Waals surface area contributed by atoms with Crippen LogP contribution in [0.5, 0.6) is 0 Å². The van der Waals surface area contributed by atoms with Gasteiger partial charge in [-0.05, 0) is 6.42 Å². The van der Waals surface area contributed by atoms with Crippen LogP contribution in [0.4, 0.5) is 4.79 Å². The van der Waals surface area contributed by atoms with E-state index in [0.717, 1.165) is 12.8 Å². The zero-order chi connectivity index (χ0) is 10.6. The van der Waals surface area contributed by atoms with Crippen LogP contribution < -0.4 is 5.32 Å². The first-order chi connectivity index (χ1) is 6.66. The molecule has 1 saturated heterocycles. The molecule has 1 fully saturated rings. The van der Waals surface area contributed by atoms with Crippen LogP contribution in [0, 0.1) is 0 Å². The fourth-order valence-electron chi connectivity index (χ4n) is 1.37. The number of carbonyl (C=O) groups excluding carboxylic acids is 2. The van der Waals surface area contributed by atoms with Gasteiger partial charge in [0.25, 0.3) is 0 Å². The van der Waals surface area contributed by atoms with Gasteiger partial charge >= 0.3 is 6.03 Å². The smallest absolute Gasteiger partial charge is 0.336 e. The molecule has 1 aliphatic rings. The third kappa shape index (κ3) is 2.45. The number of amides is 3. The Labute approximate surface area is 84.0 Å². The largest absolute Gasteiger partial charge is 0.339 e. The first-order valence-corrected chi connectivity index (χ1v) is 4.98. The summed E-state index contributed by atoms with van der Waals surface area (Å²) in [5.74, 6) is -0.124. The Bertz CT molecular complexity index is 230. The molecule has 1 aliphatic heterocycles. The van der Waals surface area contributed by atoms with Crippen molar-refractivity contribution in [1.82, 2.24) is 15.3 Å². The highest BCUT2D eigenvalue weighted by Gasteiger charge is 2.31. The summed E-state index contributed by atoms with van der Waals surface area (Å²) in [4.78, 5) is 22.8. The van der Waals surface area contributed by atoms with E-state index in [1.807, 2.05) is 0 Å². The molecule has 0 aromatic carbocycles. The summed E-state index contributed by atoms with van der Waals surface area (Å²) >= 11 is 0. The molecule has 0 bridgehead atoms. The first kappa shape index (κ1) is 11.0. The monoisotopic (exact) mass is 199 g/mol. The Morgan fingerprint density at radius 1 is 1.57 bits per heavy atom. The average Bonchev–Trinajstić information content (AvgIpc) is 2.46. The Kier molecular flexibility index (Phi) is 3.88. The van der Waals surface area contributed by atoms with Crippen LogP contribution in [-0.2, 0) is 4.79 Å². The second kappa shape index (κ2) is 4.95. The number of urea groups is 1. The van der Waals surface area contributed by atoms with Gasteiger partial charge < -0.3 is 5.32 Å². The summed E-state index contributed by atoms with van der Waals surface area (Å²) in [7, 11) is 1.74. The SMILES string of the molecule is CCCCNC(=O)N1C(=O)CCN1C. The lowest BCUT2D eigenvalue weighted by Gasteiger charge is -2.21. The number of hydrazine groups is 1. The minimum Gasteiger partial charge on any atom is -0.336 e. The van der Waals surface area contributed by atoms with Crippen molar-refractivity contribution in [3.05, 3.63) is 0 Å². The predicted octanol–water partition coefficient (Wildman–Crippen LogP) is 0.575. The van der Waals surface area contributed by atoms with E-state index in [9.17, 15) is 9.59 Å². The molecule has 5 nitrogen and oxygen atoms in total. The number of unbranched alkanes of at least 4 members (excludes halogenated alkanes) is 1. The zero-order valence-corrected chi connectivity index (χ0v) is 8.75. The third-order valence-corrected chi connectivity index (χ3v) is 2.23. The fourth-order valence-corrected chi connectivity index (χ4v) is 1.37. The van der Waals surface area contributed by atoms with Crippen molar-refractivity contribution in [3.63, 3.8) is 0 Å². The van der Waals surface area contributed by atoms with Crippen molar-refractivity contribution in [1.29, 1.82) is 0 Å². The van der Waals surface area contributed by atoms with Gasteiger partial charge in [0.1, 0.15) is 0 Å². The normalized spacial score (nSPS) is 17.6. The minimum atomic E-state index is -0.302. The summed E-state index contributed by atoms with van der Waals surface area (Å²) in [5, 5.41) is 5.53. The summed E-state index contributed by atoms with van der Waals surface area (Å²) in [6.45, 7) is 3.31. The molecule has 0 spiro atoms. The van der Waals surface area contributed by atoms with Gasteiger partial charge in [0.05, 0.1) is 0 Å². The van der Waals surface area contributed by atoms with Crippen LogP contribution in [-0.4, -0.2) is 42.1 Å². The van der Waals surface area contributed by atoms with E-state index in [1.54, 1.807) is 12.1 Å². The van der Waals surface area contributed by atoms with E-state index in [4.69, 9.17) is 0 Å². The molecule has 0 saturated carbocycles. The minimum absolute atomic E-state index is 0.124. The van der Waals surface area contributed by atoms with Crippen molar-refractivity contribution in [2.45, 2.75) is 26.2 Å². The molecule has 0 atom stereocenters. The van der Waals surface area contributed by atoms with E-state index >= 15 is 0 Å². The highest BCUT2D eigenvalue weighted by Crippen LogP contribution is 2.09. The van der Waals surface area contributed by atoms with Crippen molar-refractivity contribution in [2.75, 3.05) is 20.1 Å². The van der Waals surface area contributed by atoms with Crippen LogP contribution in [0.3, 0.4) is 0 Å². The van der Waals surface area contributed by atoms with Crippen molar-refractivity contribution in [3.8, 4) is 0 Å². The van der Waals surface area contributed by atoms with Gasteiger partial charge in [-0.15, -0.1) is 0 Å². The maximum Gasteiger partial charge on any atom is 0.339 e. The summed E-state index contributed by atoms with van der Waals surface area (Å²) in [5.41, 5.74) is 0. The van der Waals surface area contributed by atoms with Gasteiger partial charge in [0.15, 0.2) is 0 Å². The molecule has 0 aromatic heterocycles. The average molecular weight is 199 g/mol. The van der Waals surface area contributed by atoms with Gasteiger partial charge in [0, 0.05) is 26.6 Å². The molecule has 3 amide bonds. The Morgan fingerprint density at radius 3 is 2.79 bits per heavy atom. The number of hydrogen-bond donors (Lipinski definition) is 1. The van der Waals surface area contributed by atoms with Gasteiger partial charge in [-0.3, -0.25) is 4.79 Å². The van der Waals surface area contributed by atoms with Crippen molar-refractivity contribution in [2.24, 2.45) is 0 Å². The standard InChI is InChI=1S/C9H17N3O2/c1-3-4-6-10-9(14)12-8(13)5-7-11(12)2/h3-7H2,1-2H3,(H,10,14). The molecule has 0 unspecified atom stereocenters. The van der Waals surface area contributed by atoms with Crippen LogP contribution in [0.2, 0.25) is 0 Å². The lowest BCUT2D eigenvalue weighted by molar-refractivity contribution is -0.131. The lowest BCUT2D eigenvalue weighted by Crippen LogP contribution is -2.47. The van der Waals surface area contributed by atoms with E-state index < -0.39 is 0 Å². The van der Waals surface area contributed by atoms with Gasteiger partial charge in [-0.25, -0.2) is 9.80 Å². The zero-order valence-electron chi connectivity index (χ0n) is 8.75. The van der Waals surface area contributed by atoms with E-state index in [0.29, 0.717) is 19.5 Å². The van der Waals surface area contributed by atoms with Crippen molar-refractivity contribution >= 4 is 11.9 Å². The Hall–Kier alpha value is -1.10. The highest BCUT2D eigenvalue weighted by atomic mass is 16.2. The molecule has 14 heavy (non-hydrogen) atoms. The predicted molar refractivity (Wildman–Crippen MR) is 52.4 cm³/mol. The molecule has 1 N–H and O–H groups in total. The van der Waals surface area contributed by atoms with E-state index in [1.165, 1.54) is 5.01 Å². The van der Waals surface area contributed by atoms with Gasteiger partial charge in [-0.1, -0.05) is 13.3 Å². The number of hydrogen-bond acceptors (Lipinski definition) is 3. The molecule has 0 aromatic rings. The second-order valence-corrected chi connectivity index (χ2v) is 3.42. The Balaban J connectivity index is 2.39. The molecular formula is C9H17N3O2. The number of rotatable bonds is 3. The maximum absolute atomic E-state index is 11.5. The highest BCUT2D eigenvalue weighted by molar-refractivity contribution is 5.95. The number of nitrogens with one attached hydrogen (secondary N) is 1. The third-order valence-electron chi connectivity index (χ3n) is 2.23. The van der Waals surface area contributed by atoms with Crippen LogP contribution in [0.25, 0.3) is 0 Å². The molecule has 0 aliphatic carbocycles. The lowest BCUT2D eigenvalue weighted by atomic mass is 10.3. The van der Waals surface area contributed by atoms with E-state index in [-0.39, 0.29) is 11.9 Å². The number of carbonyl (C=O) groups is 2.